The van der Waals surface area contributed by atoms with Crippen LogP contribution in [0.3, 0.4) is 0 Å². The molecule has 0 radical (unpaired) electrons. The summed E-state index contributed by atoms with van der Waals surface area (Å²) in [5.41, 5.74) is 1.54. The molecule has 1 aromatic carbocycles. The zero-order valence-corrected chi connectivity index (χ0v) is 11.6. The molecule has 0 bridgehead atoms. The van der Waals surface area contributed by atoms with Crippen molar-refractivity contribution >= 4 is 11.7 Å². The first-order valence-electron chi connectivity index (χ1n) is 6.63. The number of nitrogens with one attached hydrogen (secondary N) is 1. The van der Waals surface area contributed by atoms with Crippen LogP contribution in [-0.4, -0.2) is 10.9 Å². The van der Waals surface area contributed by atoms with Crippen LogP contribution in [0.2, 0.25) is 0 Å². The first-order chi connectivity index (χ1) is 9.60. The summed E-state index contributed by atoms with van der Waals surface area (Å²) in [5, 5.41) is 2.72. The maximum atomic E-state index is 12.8. The smallest absolute Gasteiger partial charge is 0.256 e. The van der Waals surface area contributed by atoms with Crippen molar-refractivity contribution in [3.8, 4) is 0 Å². The quantitative estimate of drug-likeness (QED) is 0.914. The Morgan fingerprint density at radius 2 is 2.00 bits per heavy atom. The van der Waals surface area contributed by atoms with Crippen molar-refractivity contribution in [3.63, 3.8) is 0 Å². The summed E-state index contributed by atoms with van der Waals surface area (Å²) in [6.07, 6.45) is 2.71. The van der Waals surface area contributed by atoms with E-state index in [9.17, 15) is 9.18 Å². The Kier molecular flexibility index (Phi) is 4.45. The van der Waals surface area contributed by atoms with E-state index in [0.717, 1.165) is 12.0 Å². The summed E-state index contributed by atoms with van der Waals surface area (Å²) < 4.78 is 12.8. The molecule has 0 aliphatic carbocycles. The number of carbonyl (C=O) groups is 1. The van der Waals surface area contributed by atoms with Gasteiger partial charge in [-0.3, -0.25) is 4.79 Å². The van der Waals surface area contributed by atoms with Crippen LogP contribution in [0.1, 0.15) is 42.1 Å². The molecule has 1 unspecified atom stereocenters. The van der Waals surface area contributed by atoms with Crippen molar-refractivity contribution in [1.29, 1.82) is 0 Å². The lowest BCUT2D eigenvalue weighted by atomic mass is 10.00. The van der Waals surface area contributed by atoms with E-state index in [-0.39, 0.29) is 11.7 Å². The molecule has 0 aliphatic rings. The number of pyridine rings is 1. The monoisotopic (exact) mass is 272 g/mol. The van der Waals surface area contributed by atoms with E-state index >= 15 is 0 Å². The highest BCUT2D eigenvalue weighted by molar-refractivity contribution is 6.03. The number of hydrogen-bond acceptors (Lipinski definition) is 2. The Hall–Kier alpha value is -2.23. The molecule has 0 fully saturated rings. The van der Waals surface area contributed by atoms with Crippen LogP contribution in [-0.2, 0) is 0 Å². The Morgan fingerprint density at radius 1 is 1.30 bits per heavy atom. The first kappa shape index (κ1) is 14.2. The number of anilines is 1. The van der Waals surface area contributed by atoms with Gasteiger partial charge in [-0.1, -0.05) is 13.8 Å². The number of nitrogens with zero attached hydrogens (tertiary/aromatic N) is 1. The Morgan fingerprint density at radius 3 is 2.65 bits per heavy atom. The summed E-state index contributed by atoms with van der Waals surface area (Å²) >= 11 is 0. The third kappa shape index (κ3) is 3.41. The lowest BCUT2D eigenvalue weighted by molar-refractivity contribution is 0.102. The minimum absolute atomic E-state index is 0.293. The Bertz CT molecular complexity index is 596. The second-order valence-electron chi connectivity index (χ2n) is 4.74. The molecular formula is C16H17FN2O. The van der Waals surface area contributed by atoms with Gasteiger partial charge in [0.25, 0.3) is 5.91 Å². The lowest BCUT2D eigenvalue weighted by Crippen LogP contribution is -2.13. The zero-order chi connectivity index (χ0) is 14.5. The van der Waals surface area contributed by atoms with Gasteiger partial charge in [0.1, 0.15) is 11.6 Å². The average molecular weight is 272 g/mol. The van der Waals surface area contributed by atoms with Crippen molar-refractivity contribution in [2.24, 2.45) is 0 Å². The van der Waals surface area contributed by atoms with Crippen molar-refractivity contribution in [2.75, 3.05) is 5.32 Å². The van der Waals surface area contributed by atoms with Crippen LogP contribution in [0.5, 0.6) is 0 Å². The summed E-state index contributed by atoms with van der Waals surface area (Å²) in [5.74, 6) is 0.272. The van der Waals surface area contributed by atoms with Gasteiger partial charge in [0.2, 0.25) is 0 Å². The largest absolute Gasteiger partial charge is 0.307 e. The normalized spacial score (nSPS) is 11.9. The molecule has 2 aromatic rings. The molecule has 1 atom stereocenters. The molecule has 1 N–H and O–H groups in total. The summed E-state index contributed by atoms with van der Waals surface area (Å²) in [6, 6.07) is 9.24. The number of halogens is 1. The van der Waals surface area contributed by atoms with Gasteiger partial charge in [-0.25, -0.2) is 9.37 Å². The second kappa shape index (κ2) is 6.28. The summed E-state index contributed by atoms with van der Waals surface area (Å²) in [7, 11) is 0. The molecule has 3 nitrogen and oxygen atoms in total. The molecule has 2 rings (SSSR count). The summed E-state index contributed by atoms with van der Waals surface area (Å²) in [6.45, 7) is 4.24. The number of amides is 1. The molecule has 0 saturated heterocycles. The molecule has 0 aliphatic heterocycles. The number of benzene rings is 1. The van der Waals surface area contributed by atoms with E-state index in [1.165, 1.54) is 24.3 Å². The number of carbonyl (C=O) groups excluding carboxylic acids is 1. The highest BCUT2D eigenvalue weighted by Crippen LogP contribution is 2.20. The maximum Gasteiger partial charge on any atom is 0.256 e. The van der Waals surface area contributed by atoms with Crippen molar-refractivity contribution in [3.05, 3.63) is 59.5 Å². The van der Waals surface area contributed by atoms with E-state index in [0.29, 0.717) is 17.3 Å². The molecule has 1 aromatic heterocycles. The fourth-order valence-electron chi connectivity index (χ4n) is 1.85. The van der Waals surface area contributed by atoms with E-state index in [2.05, 4.69) is 24.1 Å². The van der Waals surface area contributed by atoms with Gasteiger partial charge < -0.3 is 5.32 Å². The molecule has 20 heavy (non-hydrogen) atoms. The Balaban J connectivity index is 2.13. The molecule has 1 heterocycles. The third-order valence-electron chi connectivity index (χ3n) is 3.31. The van der Waals surface area contributed by atoms with Crippen LogP contribution in [0.4, 0.5) is 10.2 Å². The van der Waals surface area contributed by atoms with Crippen LogP contribution in [0.25, 0.3) is 0 Å². The maximum absolute atomic E-state index is 12.8. The van der Waals surface area contributed by atoms with Gasteiger partial charge in [-0.2, -0.15) is 0 Å². The fraction of sp³-hybridized carbons (Fsp3) is 0.250. The predicted octanol–water partition coefficient (Wildman–Crippen LogP) is 3.99. The van der Waals surface area contributed by atoms with E-state index in [4.69, 9.17) is 0 Å². The van der Waals surface area contributed by atoms with Crippen LogP contribution in [0.15, 0.2) is 42.6 Å². The Labute approximate surface area is 117 Å². The molecular weight excluding hydrogens is 255 g/mol. The van der Waals surface area contributed by atoms with Gasteiger partial charge >= 0.3 is 0 Å². The van der Waals surface area contributed by atoms with E-state index < -0.39 is 0 Å². The fourth-order valence-corrected chi connectivity index (χ4v) is 1.85. The molecule has 1 amide bonds. The minimum Gasteiger partial charge on any atom is -0.307 e. The molecule has 0 saturated carbocycles. The van der Waals surface area contributed by atoms with Gasteiger partial charge in [0.15, 0.2) is 0 Å². The highest BCUT2D eigenvalue weighted by atomic mass is 19.1. The second-order valence-corrected chi connectivity index (χ2v) is 4.74. The average Bonchev–Trinajstić information content (AvgIpc) is 2.47. The van der Waals surface area contributed by atoms with Crippen molar-refractivity contribution in [2.45, 2.75) is 26.2 Å². The van der Waals surface area contributed by atoms with Gasteiger partial charge in [0, 0.05) is 11.8 Å². The lowest BCUT2D eigenvalue weighted by Gasteiger charge is -2.10. The van der Waals surface area contributed by atoms with E-state index in [1.807, 2.05) is 12.1 Å². The first-order valence-corrected chi connectivity index (χ1v) is 6.63. The number of aromatic nitrogens is 1. The van der Waals surface area contributed by atoms with Crippen LogP contribution < -0.4 is 5.32 Å². The highest BCUT2D eigenvalue weighted by Gasteiger charge is 2.09. The standard InChI is InChI=1S/C16H17FN2O/c1-3-11(2)13-8-9-18-15(10-13)19-16(20)12-4-6-14(17)7-5-12/h4-11H,3H2,1-2H3,(H,18,19,20). The van der Waals surface area contributed by atoms with Crippen LogP contribution in [0, 0.1) is 5.82 Å². The predicted molar refractivity (Wildman–Crippen MR) is 77.3 cm³/mol. The topological polar surface area (TPSA) is 42.0 Å². The minimum atomic E-state index is -0.363. The van der Waals surface area contributed by atoms with Crippen molar-refractivity contribution in [1.82, 2.24) is 4.98 Å². The van der Waals surface area contributed by atoms with Gasteiger partial charge in [0.05, 0.1) is 0 Å². The molecule has 4 heteroatoms. The van der Waals surface area contributed by atoms with Gasteiger partial charge in [-0.05, 0) is 54.3 Å². The number of rotatable bonds is 4. The molecule has 0 spiro atoms. The van der Waals surface area contributed by atoms with E-state index in [1.54, 1.807) is 6.20 Å². The number of hydrogen-bond donors (Lipinski definition) is 1. The molecule has 104 valence electrons. The SMILES string of the molecule is CCC(C)c1ccnc(NC(=O)c2ccc(F)cc2)c1. The zero-order valence-electron chi connectivity index (χ0n) is 11.6. The van der Waals surface area contributed by atoms with Crippen molar-refractivity contribution < 1.29 is 9.18 Å². The summed E-state index contributed by atoms with van der Waals surface area (Å²) in [4.78, 5) is 16.1. The third-order valence-corrected chi connectivity index (χ3v) is 3.31. The van der Waals surface area contributed by atoms with Crippen LogP contribution >= 0.6 is 0 Å². The van der Waals surface area contributed by atoms with Gasteiger partial charge in [-0.15, -0.1) is 0 Å².